The molecule has 1 aromatic carbocycles. The number of ether oxygens (including phenoxy) is 1. The van der Waals surface area contributed by atoms with Crippen LogP contribution in [0, 0.1) is 11.3 Å². The van der Waals surface area contributed by atoms with Crippen LogP contribution in [-0.2, 0) is 11.3 Å². The fraction of sp³-hybridized carbons (Fsp3) is 0.385. The van der Waals surface area contributed by atoms with Gasteiger partial charge in [0.05, 0.1) is 11.6 Å². The Labute approximate surface area is 101 Å². The van der Waals surface area contributed by atoms with Crippen molar-refractivity contribution in [2.45, 2.75) is 32.9 Å². The summed E-state index contributed by atoms with van der Waals surface area (Å²) in [4.78, 5) is 11.4. The van der Waals surface area contributed by atoms with Gasteiger partial charge in [0, 0.05) is 6.54 Å². The monoisotopic (exact) mass is 232 g/mol. The second kappa shape index (κ2) is 5.35. The molecule has 0 unspecified atom stereocenters. The number of hydrogen-bond donors (Lipinski definition) is 1. The average Bonchev–Trinajstić information content (AvgIpc) is 2.24. The van der Waals surface area contributed by atoms with Crippen molar-refractivity contribution in [3.05, 3.63) is 35.4 Å². The lowest BCUT2D eigenvalue weighted by Gasteiger charge is -2.19. The van der Waals surface area contributed by atoms with E-state index in [1.807, 2.05) is 32.9 Å². The maximum Gasteiger partial charge on any atom is 0.407 e. The summed E-state index contributed by atoms with van der Waals surface area (Å²) in [5, 5.41) is 11.4. The lowest BCUT2D eigenvalue weighted by Crippen LogP contribution is -2.32. The summed E-state index contributed by atoms with van der Waals surface area (Å²) in [7, 11) is 0. The molecule has 17 heavy (non-hydrogen) atoms. The molecule has 0 spiro atoms. The largest absolute Gasteiger partial charge is 0.444 e. The molecule has 1 aromatic rings. The van der Waals surface area contributed by atoms with Gasteiger partial charge < -0.3 is 10.1 Å². The standard InChI is InChI=1S/C13H16N2O2/c1-13(2,3)17-12(16)15-9-11-6-4-5-10(7-11)8-14/h4-7H,9H2,1-3H3,(H,15,16). The van der Waals surface area contributed by atoms with Crippen LogP contribution in [0.25, 0.3) is 0 Å². The van der Waals surface area contributed by atoms with Gasteiger partial charge in [-0.15, -0.1) is 0 Å². The number of nitriles is 1. The van der Waals surface area contributed by atoms with Crippen LogP contribution in [0.2, 0.25) is 0 Å². The summed E-state index contributed by atoms with van der Waals surface area (Å²) < 4.78 is 5.10. The van der Waals surface area contributed by atoms with E-state index in [1.54, 1.807) is 18.2 Å². The topological polar surface area (TPSA) is 62.1 Å². The van der Waals surface area contributed by atoms with Crippen molar-refractivity contribution in [2.75, 3.05) is 0 Å². The predicted octanol–water partition coefficient (Wildman–Crippen LogP) is 2.58. The molecule has 0 bridgehead atoms. The highest BCUT2D eigenvalue weighted by atomic mass is 16.6. The van der Waals surface area contributed by atoms with E-state index in [-0.39, 0.29) is 0 Å². The number of rotatable bonds is 2. The summed E-state index contributed by atoms with van der Waals surface area (Å²) in [6, 6.07) is 9.13. The molecule has 0 atom stereocenters. The quantitative estimate of drug-likeness (QED) is 0.852. The van der Waals surface area contributed by atoms with E-state index < -0.39 is 11.7 Å². The minimum absolute atomic E-state index is 0.352. The van der Waals surface area contributed by atoms with Crippen LogP contribution in [0.3, 0.4) is 0 Å². The highest BCUT2D eigenvalue weighted by Gasteiger charge is 2.15. The second-order valence-electron chi connectivity index (χ2n) is 4.67. The Hall–Kier alpha value is -2.02. The SMILES string of the molecule is CC(C)(C)OC(=O)NCc1cccc(C#N)c1. The van der Waals surface area contributed by atoms with E-state index in [1.165, 1.54) is 0 Å². The Morgan fingerprint density at radius 3 is 2.76 bits per heavy atom. The lowest BCUT2D eigenvalue weighted by molar-refractivity contribution is 0.0523. The van der Waals surface area contributed by atoms with Gasteiger partial charge in [0.2, 0.25) is 0 Å². The van der Waals surface area contributed by atoms with Crippen molar-refractivity contribution in [1.82, 2.24) is 5.32 Å². The zero-order valence-electron chi connectivity index (χ0n) is 10.3. The van der Waals surface area contributed by atoms with Crippen molar-refractivity contribution in [3.63, 3.8) is 0 Å². The van der Waals surface area contributed by atoms with E-state index in [0.717, 1.165) is 5.56 Å². The van der Waals surface area contributed by atoms with Gasteiger partial charge in [-0.05, 0) is 38.5 Å². The first kappa shape index (κ1) is 13.0. The van der Waals surface area contributed by atoms with Crippen LogP contribution < -0.4 is 5.32 Å². The Morgan fingerprint density at radius 1 is 1.47 bits per heavy atom. The van der Waals surface area contributed by atoms with Crippen LogP contribution in [0.15, 0.2) is 24.3 Å². The van der Waals surface area contributed by atoms with Crippen molar-refractivity contribution in [1.29, 1.82) is 5.26 Å². The van der Waals surface area contributed by atoms with Crippen molar-refractivity contribution >= 4 is 6.09 Å². The van der Waals surface area contributed by atoms with Gasteiger partial charge in [0.1, 0.15) is 5.60 Å². The van der Waals surface area contributed by atoms with Gasteiger partial charge in [-0.2, -0.15) is 5.26 Å². The fourth-order valence-electron chi connectivity index (χ4n) is 1.24. The minimum atomic E-state index is -0.501. The van der Waals surface area contributed by atoms with Crippen molar-refractivity contribution < 1.29 is 9.53 Å². The number of alkyl carbamates (subject to hydrolysis) is 1. The normalized spacial score (nSPS) is 10.5. The van der Waals surface area contributed by atoms with Gasteiger partial charge >= 0.3 is 6.09 Å². The molecular weight excluding hydrogens is 216 g/mol. The van der Waals surface area contributed by atoms with Gasteiger partial charge in [0.25, 0.3) is 0 Å². The van der Waals surface area contributed by atoms with E-state index >= 15 is 0 Å². The van der Waals surface area contributed by atoms with Gasteiger partial charge in [0.15, 0.2) is 0 Å². The van der Waals surface area contributed by atoms with Crippen LogP contribution >= 0.6 is 0 Å². The predicted molar refractivity (Wildman–Crippen MR) is 64.2 cm³/mol. The van der Waals surface area contributed by atoms with Crippen LogP contribution in [-0.4, -0.2) is 11.7 Å². The number of amides is 1. The summed E-state index contributed by atoms with van der Waals surface area (Å²) in [6.07, 6.45) is -0.458. The van der Waals surface area contributed by atoms with E-state index in [2.05, 4.69) is 5.32 Å². The first-order chi connectivity index (χ1) is 7.90. The number of hydrogen-bond acceptors (Lipinski definition) is 3. The number of nitrogens with one attached hydrogen (secondary N) is 1. The molecule has 0 saturated carbocycles. The molecule has 1 N–H and O–H groups in total. The molecule has 0 fully saturated rings. The van der Waals surface area contributed by atoms with Crippen LogP contribution in [0.5, 0.6) is 0 Å². The Balaban J connectivity index is 2.51. The molecule has 0 saturated heterocycles. The van der Waals surface area contributed by atoms with E-state index in [4.69, 9.17) is 10.00 Å². The maximum absolute atomic E-state index is 11.4. The summed E-state index contributed by atoms with van der Waals surface area (Å²) in [5.41, 5.74) is 0.946. The highest BCUT2D eigenvalue weighted by Crippen LogP contribution is 2.07. The Morgan fingerprint density at radius 2 is 2.18 bits per heavy atom. The molecule has 1 amide bonds. The first-order valence-corrected chi connectivity index (χ1v) is 5.36. The molecule has 0 heterocycles. The van der Waals surface area contributed by atoms with Gasteiger partial charge in [-0.3, -0.25) is 0 Å². The molecule has 4 nitrogen and oxygen atoms in total. The lowest BCUT2D eigenvalue weighted by atomic mass is 10.1. The number of nitrogens with zero attached hydrogens (tertiary/aromatic N) is 1. The van der Waals surface area contributed by atoms with Crippen LogP contribution in [0.4, 0.5) is 4.79 Å². The van der Waals surface area contributed by atoms with E-state index in [0.29, 0.717) is 12.1 Å². The average molecular weight is 232 g/mol. The molecule has 4 heteroatoms. The molecule has 0 aliphatic rings. The number of carbonyl (C=O) groups is 1. The molecule has 0 radical (unpaired) electrons. The zero-order valence-corrected chi connectivity index (χ0v) is 10.3. The summed E-state index contributed by atoms with van der Waals surface area (Å²) in [6.45, 7) is 5.78. The first-order valence-electron chi connectivity index (χ1n) is 5.36. The van der Waals surface area contributed by atoms with Gasteiger partial charge in [-0.25, -0.2) is 4.79 Å². The summed E-state index contributed by atoms with van der Waals surface area (Å²) >= 11 is 0. The smallest absolute Gasteiger partial charge is 0.407 e. The van der Waals surface area contributed by atoms with Crippen molar-refractivity contribution in [2.24, 2.45) is 0 Å². The zero-order chi connectivity index (χ0) is 12.9. The molecule has 0 aliphatic carbocycles. The molecular formula is C13H16N2O2. The fourth-order valence-corrected chi connectivity index (χ4v) is 1.24. The van der Waals surface area contributed by atoms with Crippen molar-refractivity contribution in [3.8, 4) is 6.07 Å². The third-order valence-corrected chi connectivity index (χ3v) is 1.89. The summed E-state index contributed by atoms with van der Waals surface area (Å²) in [5.74, 6) is 0. The van der Waals surface area contributed by atoms with Crippen LogP contribution in [0.1, 0.15) is 31.9 Å². The van der Waals surface area contributed by atoms with E-state index in [9.17, 15) is 4.79 Å². The third kappa shape index (κ3) is 5.03. The molecule has 1 rings (SSSR count). The molecule has 0 aliphatic heterocycles. The Kier molecular flexibility index (Phi) is 4.11. The highest BCUT2D eigenvalue weighted by molar-refractivity contribution is 5.67. The minimum Gasteiger partial charge on any atom is -0.444 e. The number of carbonyl (C=O) groups excluding carboxylic acids is 1. The Bertz CT molecular complexity index is 441. The maximum atomic E-state index is 11.4. The number of benzene rings is 1. The van der Waals surface area contributed by atoms with Gasteiger partial charge in [-0.1, -0.05) is 12.1 Å². The second-order valence-corrected chi connectivity index (χ2v) is 4.67. The third-order valence-electron chi connectivity index (χ3n) is 1.89. The molecule has 90 valence electrons. The molecule has 0 aromatic heterocycles.